The molecule has 0 atom stereocenters. The maximum absolute atomic E-state index is 5.79. The standard InChI is InChI=1S/C13H20N2O/c1-2-16-13-6-8-15(9-7-13)12-5-3-4-11(14)10-12/h3-5,10,13H,2,6-9,14H2,1H3. The lowest BCUT2D eigenvalue weighted by Crippen LogP contribution is -2.37. The Balaban J connectivity index is 1.94. The summed E-state index contributed by atoms with van der Waals surface area (Å²) in [6.45, 7) is 5.01. The van der Waals surface area contributed by atoms with Gasteiger partial charge in [-0.3, -0.25) is 0 Å². The Kier molecular flexibility index (Phi) is 3.67. The molecular weight excluding hydrogens is 200 g/mol. The highest BCUT2D eigenvalue weighted by Crippen LogP contribution is 2.22. The molecule has 0 amide bonds. The maximum atomic E-state index is 5.79. The van der Waals surface area contributed by atoms with Crippen molar-refractivity contribution in [1.82, 2.24) is 0 Å². The number of anilines is 2. The zero-order valence-electron chi connectivity index (χ0n) is 9.86. The molecule has 1 aliphatic heterocycles. The molecular formula is C13H20N2O. The fourth-order valence-electron chi connectivity index (χ4n) is 2.24. The van der Waals surface area contributed by atoms with Crippen LogP contribution in [-0.2, 0) is 4.74 Å². The third-order valence-electron chi connectivity index (χ3n) is 3.08. The van der Waals surface area contributed by atoms with Gasteiger partial charge in [-0.25, -0.2) is 0 Å². The van der Waals surface area contributed by atoms with E-state index in [1.54, 1.807) is 0 Å². The molecule has 0 aromatic heterocycles. The Bertz CT molecular complexity index is 332. The van der Waals surface area contributed by atoms with Crippen LogP contribution in [0, 0.1) is 0 Å². The normalized spacial score (nSPS) is 17.7. The third kappa shape index (κ3) is 2.67. The molecule has 1 aromatic rings. The van der Waals surface area contributed by atoms with Crippen LogP contribution in [-0.4, -0.2) is 25.8 Å². The molecule has 2 N–H and O–H groups in total. The van der Waals surface area contributed by atoms with E-state index < -0.39 is 0 Å². The molecule has 2 rings (SSSR count). The first-order valence-corrected chi connectivity index (χ1v) is 6.01. The molecule has 0 aliphatic carbocycles. The van der Waals surface area contributed by atoms with Gasteiger partial charge in [0.05, 0.1) is 6.10 Å². The molecule has 0 spiro atoms. The van der Waals surface area contributed by atoms with E-state index in [2.05, 4.69) is 17.9 Å². The summed E-state index contributed by atoms with van der Waals surface area (Å²) < 4.78 is 5.64. The molecule has 16 heavy (non-hydrogen) atoms. The summed E-state index contributed by atoms with van der Waals surface area (Å²) in [5.74, 6) is 0. The SMILES string of the molecule is CCOC1CCN(c2cccc(N)c2)CC1. The van der Waals surface area contributed by atoms with Gasteiger partial charge in [0, 0.05) is 31.1 Å². The smallest absolute Gasteiger partial charge is 0.0608 e. The van der Waals surface area contributed by atoms with E-state index in [9.17, 15) is 0 Å². The predicted molar refractivity (Wildman–Crippen MR) is 67.7 cm³/mol. The van der Waals surface area contributed by atoms with Crippen molar-refractivity contribution in [2.24, 2.45) is 0 Å². The molecule has 0 unspecified atom stereocenters. The van der Waals surface area contributed by atoms with E-state index in [1.165, 1.54) is 5.69 Å². The van der Waals surface area contributed by atoms with Crippen molar-refractivity contribution in [3.05, 3.63) is 24.3 Å². The number of benzene rings is 1. The first-order chi connectivity index (χ1) is 7.79. The molecule has 3 heteroatoms. The van der Waals surface area contributed by atoms with Gasteiger partial charge in [-0.2, -0.15) is 0 Å². The Morgan fingerprint density at radius 1 is 1.38 bits per heavy atom. The highest BCUT2D eigenvalue weighted by molar-refractivity contribution is 5.56. The van der Waals surface area contributed by atoms with E-state index in [0.717, 1.165) is 38.2 Å². The van der Waals surface area contributed by atoms with Crippen molar-refractivity contribution in [3.63, 3.8) is 0 Å². The van der Waals surface area contributed by atoms with E-state index in [1.807, 2.05) is 18.2 Å². The summed E-state index contributed by atoms with van der Waals surface area (Å²) in [6, 6.07) is 8.11. The van der Waals surface area contributed by atoms with Crippen LogP contribution in [0.15, 0.2) is 24.3 Å². The molecule has 88 valence electrons. The number of nitrogens with two attached hydrogens (primary N) is 1. The van der Waals surface area contributed by atoms with Gasteiger partial charge in [-0.15, -0.1) is 0 Å². The van der Waals surface area contributed by atoms with E-state index in [4.69, 9.17) is 10.5 Å². The average Bonchev–Trinajstić information content (AvgIpc) is 2.30. The minimum absolute atomic E-state index is 0.447. The Hall–Kier alpha value is -1.22. The summed E-state index contributed by atoms with van der Waals surface area (Å²) in [5, 5.41) is 0. The number of rotatable bonds is 3. The molecule has 1 saturated heterocycles. The maximum Gasteiger partial charge on any atom is 0.0608 e. The second kappa shape index (κ2) is 5.21. The van der Waals surface area contributed by atoms with Gasteiger partial charge in [0.2, 0.25) is 0 Å². The van der Waals surface area contributed by atoms with E-state index in [0.29, 0.717) is 6.10 Å². The van der Waals surface area contributed by atoms with Crippen LogP contribution in [0.1, 0.15) is 19.8 Å². The van der Waals surface area contributed by atoms with Crippen LogP contribution < -0.4 is 10.6 Å². The molecule has 1 aromatic carbocycles. The van der Waals surface area contributed by atoms with Crippen molar-refractivity contribution in [1.29, 1.82) is 0 Å². The second-order valence-electron chi connectivity index (χ2n) is 4.24. The molecule has 1 fully saturated rings. The van der Waals surface area contributed by atoms with Crippen molar-refractivity contribution in [2.45, 2.75) is 25.9 Å². The topological polar surface area (TPSA) is 38.5 Å². The van der Waals surface area contributed by atoms with Crippen LogP contribution in [0.4, 0.5) is 11.4 Å². The summed E-state index contributed by atoms with van der Waals surface area (Å²) >= 11 is 0. The largest absolute Gasteiger partial charge is 0.399 e. The summed E-state index contributed by atoms with van der Waals surface area (Å²) in [6.07, 6.45) is 2.67. The number of nitrogens with zero attached hydrogens (tertiary/aromatic N) is 1. The lowest BCUT2D eigenvalue weighted by molar-refractivity contribution is 0.0459. The Morgan fingerprint density at radius 2 is 2.12 bits per heavy atom. The summed E-state index contributed by atoms with van der Waals surface area (Å²) in [5.41, 5.74) is 7.86. The fourth-order valence-corrected chi connectivity index (χ4v) is 2.24. The predicted octanol–water partition coefficient (Wildman–Crippen LogP) is 2.27. The molecule has 0 saturated carbocycles. The van der Waals surface area contributed by atoms with Gasteiger partial charge < -0.3 is 15.4 Å². The number of ether oxygens (including phenoxy) is 1. The Labute approximate surface area is 97.2 Å². The van der Waals surface area contributed by atoms with Gasteiger partial charge in [0.1, 0.15) is 0 Å². The number of piperidine rings is 1. The van der Waals surface area contributed by atoms with Gasteiger partial charge in [0.15, 0.2) is 0 Å². The van der Waals surface area contributed by atoms with Gasteiger partial charge >= 0.3 is 0 Å². The first-order valence-electron chi connectivity index (χ1n) is 6.01. The molecule has 1 aliphatic rings. The van der Waals surface area contributed by atoms with Crippen molar-refractivity contribution >= 4 is 11.4 Å². The average molecular weight is 220 g/mol. The van der Waals surface area contributed by atoms with Crippen LogP contribution in [0.5, 0.6) is 0 Å². The first kappa shape index (κ1) is 11.3. The minimum Gasteiger partial charge on any atom is -0.399 e. The number of hydrogen-bond acceptors (Lipinski definition) is 3. The molecule has 0 bridgehead atoms. The minimum atomic E-state index is 0.447. The zero-order chi connectivity index (χ0) is 11.4. The van der Waals surface area contributed by atoms with Crippen LogP contribution in [0.3, 0.4) is 0 Å². The number of hydrogen-bond donors (Lipinski definition) is 1. The third-order valence-corrected chi connectivity index (χ3v) is 3.08. The lowest BCUT2D eigenvalue weighted by atomic mass is 10.1. The van der Waals surface area contributed by atoms with E-state index >= 15 is 0 Å². The monoisotopic (exact) mass is 220 g/mol. The fraction of sp³-hybridized carbons (Fsp3) is 0.538. The van der Waals surface area contributed by atoms with Crippen LogP contribution in [0.2, 0.25) is 0 Å². The van der Waals surface area contributed by atoms with Crippen molar-refractivity contribution < 1.29 is 4.74 Å². The Morgan fingerprint density at radius 3 is 2.75 bits per heavy atom. The van der Waals surface area contributed by atoms with Gasteiger partial charge in [-0.1, -0.05) is 6.07 Å². The quantitative estimate of drug-likeness (QED) is 0.794. The summed E-state index contributed by atoms with van der Waals surface area (Å²) in [4.78, 5) is 2.38. The second-order valence-corrected chi connectivity index (χ2v) is 4.24. The highest BCUT2D eigenvalue weighted by Gasteiger charge is 2.19. The van der Waals surface area contributed by atoms with Gasteiger partial charge in [-0.05, 0) is 38.0 Å². The molecule has 1 heterocycles. The van der Waals surface area contributed by atoms with Crippen molar-refractivity contribution in [3.8, 4) is 0 Å². The van der Waals surface area contributed by atoms with Crippen LogP contribution in [0.25, 0.3) is 0 Å². The summed E-state index contributed by atoms with van der Waals surface area (Å²) in [7, 11) is 0. The molecule has 3 nitrogen and oxygen atoms in total. The van der Waals surface area contributed by atoms with Crippen LogP contribution >= 0.6 is 0 Å². The molecule has 0 radical (unpaired) electrons. The zero-order valence-corrected chi connectivity index (χ0v) is 9.86. The van der Waals surface area contributed by atoms with E-state index in [-0.39, 0.29) is 0 Å². The van der Waals surface area contributed by atoms with Gasteiger partial charge in [0.25, 0.3) is 0 Å². The van der Waals surface area contributed by atoms with Crippen molar-refractivity contribution in [2.75, 3.05) is 30.3 Å². The number of nitrogen functional groups attached to an aromatic ring is 1. The highest BCUT2D eigenvalue weighted by atomic mass is 16.5. The lowest BCUT2D eigenvalue weighted by Gasteiger charge is -2.33.